The summed E-state index contributed by atoms with van der Waals surface area (Å²) in [6.45, 7) is 4.31. The van der Waals surface area contributed by atoms with Crippen molar-refractivity contribution in [1.82, 2.24) is 14.8 Å². The Kier molecular flexibility index (Phi) is 2.57. The molecule has 0 radical (unpaired) electrons. The van der Waals surface area contributed by atoms with Crippen molar-refractivity contribution < 1.29 is 4.79 Å². The molecule has 2 aliphatic rings. The van der Waals surface area contributed by atoms with Gasteiger partial charge in [0.1, 0.15) is 5.01 Å². The highest BCUT2D eigenvalue weighted by atomic mass is 32.1. The van der Waals surface area contributed by atoms with Crippen LogP contribution in [0.2, 0.25) is 0 Å². The highest BCUT2D eigenvalue weighted by molar-refractivity contribution is 7.19. The monoisotopic (exact) mass is 285 g/mol. The first-order valence-corrected chi connectivity index (χ1v) is 7.70. The van der Waals surface area contributed by atoms with E-state index in [-0.39, 0.29) is 12.1 Å². The van der Waals surface area contributed by atoms with E-state index in [1.807, 2.05) is 34.9 Å². The quantitative estimate of drug-likeness (QED) is 0.850. The lowest BCUT2D eigenvalue weighted by Gasteiger charge is -2.20. The summed E-state index contributed by atoms with van der Waals surface area (Å²) in [6, 6.07) is 8.55. The Hall–Kier alpha value is -1.88. The summed E-state index contributed by atoms with van der Waals surface area (Å²) in [4.78, 5) is 20.7. The van der Waals surface area contributed by atoms with Crippen LogP contribution in [0.15, 0.2) is 30.3 Å². The molecule has 3 heterocycles. The lowest BCUT2D eigenvalue weighted by atomic mass is 10.1. The van der Waals surface area contributed by atoms with Gasteiger partial charge in [-0.3, -0.25) is 0 Å². The molecule has 2 amide bonds. The molecule has 4 nitrogen and oxygen atoms in total. The fourth-order valence-corrected chi connectivity index (χ4v) is 3.99. The van der Waals surface area contributed by atoms with Crippen LogP contribution < -0.4 is 0 Å². The molecular weight excluding hydrogens is 270 g/mol. The molecule has 4 rings (SSSR count). The molecular formula is C15H15N3OS. The molecule has 1 atom stereocenters. The summed E-state index contributed by atoms with van der Waals surface area (Å²) in [7, 11) is 0. The summed E-state index contributed by atoms with van der Waals surface area (Å²) >= 11 is 1.71. The van der Waals surface area contributed by atoms with E-state index in [4.69, 9.17) is 4.98 Å². The molecule has 0 spiro atoms. The van der Waals surface area contributed by atoms with Gasteiger partial charge in [0, 0.05) is 18.7 Å². The third kappa shape index (κ3) is 1.66. The average Bonchev–Trinajstić information content (AvgIpc) is 2.99. The third-order valence-corrected chi connectivity index (χ3v) is 5.10. The van der Waals surface area contributed by atoms with Crippen molar-refractivity contribution >= 4 is 33.2 Å². The van der Waals surface area contributed by atoms with Crippen LogP contribution in [0.1, 0.15) is 11.9 Å². The van der Waals surface area contributed by atoms with E-state index in [1.165, 1.54) is 10.3 Å². The maximum absolute atomic E-state index is 12.2. The number of nitrogens with zero attached hydrogens (tertiary/aromatic N) is 3. The molecule has 5 heteroatoms. The number of aromatic nitrogens is 1. The summed E-state index contributed by atoms with van der Waals surface area (Å²) < 4.78 is 1.20. The first-order chi connectivity index (χ1) is 9.76. The van der Waals surface area contributed by atoms with Crippen molar-refractivity contribution in [2.24, 2.45) is 0 Å². The standard InChI is InChI=1S/C15H15N3OS/c1-2-18-11-7-10(8-17(9-11)15(18)19)14-16-12-5-3-4-6-13(12)20-14/h3-7,11H,2,8-9H2,1H3. The van der Waals surface area contributed by atoms with Crippen LogP contribution in [0.3, 0.4) is 0 Å². The number of benzene rings is 1. The molecule has 102 valence electrons. The Morgan fingerprint density at radius 1 is 1.40 bits per heavy atom. The van der Waals surface area contributed by atoms with E-state index >= 15 is 0 Å². The second-order valence-electron chi connectivity index (χ2n) is 5.20. The molecule has 1 aromatic heterocycles. The molecule has 0 N–H and O–H groups in total. The molecule has 20 heavy (non-hydrogen) atoms. The molecule has 1 unspecified atom stereocenters. The zero-order valence-electron chi connectivity index (χ0n) is 11.2. The number of thiazole rings is 1. The van der Waals surface area contributed by atoms with Crippen molar-refractivity contribution in [3.05, 3.63) is 35.3 Å². The highest BCUT2D eigenvalue weighted by Crippen LogP contribution is 2.33. The number of hydrogen-bond donors (Lipinski definition) is 0. The molecule has 1 fully saturated rings. The van der Waals surface area contributed by atoms with Crippen LogP contribution in [-0.2, 0) is 0 Å². The van der Waals surface area contributed by atoms with E-state index in [2.05, 4.69) is 12.1 Å². The zero-order valence-corrected chi connectivity index (χ0v) is 12.1. The summed E-state index contributed by atoms with van der Waals surface area (Å²) in [5.74, 6) is 0. The van der Waals surface area contributed by atoms with Crippen molar-refractivity contribution in [2.75, 3.05) is 19.6 Å². The third-order valence-electron chi connectivity index (χ3n) is 3.99. The van der Waals surface area contributed by atoms with Gasteiger partial charge >= 0.3 is 6.03 Å². The van der Waals surface area contributed by atoms with Gasteiger partial charge in [0.2, 0.25) is 0 Å². The lowest BCUT2D eigenvalue weighted by molar-refractivity contribution is 0.196. The number of likely N-dealkylation sites (N-methyl/N-ethyl adjacent to an activating group) is 1. The maximum atomic E-state index is 12.2. The second kappa shape index (κ2) is 4.31. The van der Waals surface area contributed by atoms with E-state index in [9.17, 15) is 4.79 Å². The molecule has 1 saturated heterocycles. The number of hydrogen-bond acceptors (Lipinski definition) is 3. The topological polar surface area (TPSA) is 36.4 Å². The van der Waals surface area contributed by atoms with Crippen LogP contribution >= 0.6 is 11.3 Å². The predicted octanol–water partition coefficient (Wildman–Crippen LogP) is 2.82. The highest BCUT2D eigenvalue weighted by Gasteiger charge is 2.39. The smallest absolute Gasteiger partial charge is 0.318 e. The zero-order chi connectivity index (χ0) is 13.7. The van der Waals surface area contributed by atoms with Crippen molar-refractivity contribution in [3.63, 3.8) is 0 Å². The van der Waals surface area contributed by atoms with E-state index in [0.717, 1.165) is 23.6 Å². The van der Waals surface area contributed by atoms with Crippen molar-refractivity contribution in [2.45, 2.75) is 13.0 Å². The van der Waals surface area contributed by atoms with Gasteiger partial charge < -0.3 is 9.80 Å². The Balaban J connectivity index is 1.74. The van der Waals surface area contributed by atoms with Gasteiger partial charge in [-0.15, -0.1) is 11.3 Å². The number of rotatable bonds is 2. The van der Waals surface area contributed by atoms with E-state index < -0.39 is 0 Å². The summed E-state index contributed by atoms with van der Waals surface area (Å²) in [5, 5.41) is 1.05. The fourth-order valence-electron chi connectivity index (χ4n) is 3.01. The van der Waals surface area contributed by atoms with Crippen LogP contribution in [0.25, 0.3) is 15.8 Å². The summed E-state index contributed by atoms with van der Waals surface area (Å²) in [6.07, 6.45) is 2.22. The Bertz CT molecular complexity index is 688. The number of fused-ring (bicyclic) bond motifs is 3. The van der Waals surface area contributed by atoms with Gasteiger partial charge in [0.15, 0.2) is 0 Å². The minimum atomic E-state index is 0.157. The fraction of sp³-hybridized carbons (Fsp3) is 0.333. The summed E-state index contributed by atoms with van der Waals surface area (Å²) in [5.41, 5.74) is 2.23. The molecule has 2 bridgehead atoms. The van der Waals surface area contributed by atoms with Crippen LogP contribution in [0.5, 0.6) is 0 Å². The van der Waals surface area contributed by atoms with Gasteiger partial charge in [-0.25, -0.2) is 9.78 Å². The van der Waals surface area contributed by atoms with Gasteiger partial charge in [0.25, 0.3) is 0 Å². The molecule has 0 aliphatic carbocycles. The Morgan fingerprint density at radius 3 is 3.05 bits per heavy atom. The van der Waals surface area contributed by atoms with Gasteiger partial charge in [-0.05, 0) is 19.1 Å². The number of carbonyl (C=O) groups excluding carboxylic acids is 1. The van der Waals surface area contributed by atoms with Gasteiger partial charge in [-0.1, -0.05) is 18.2 Å². The van der Waals surface area contributed by atoms with Crippen LogP contribution in [-0.4, -0.2) is 46.5 Å². The van der Waals surface area contributed by atoms with Crippen molar-refractivity contribution in [1.29, 1.82) is 0 Å². The second-order valence-corrected chi connectivity index (χ2v) is 6.23. The molecule has 0 saturated carbocycles. The van der Waals surface area contributed by atoms with Crippen molar-refractivity contribution in [3.8, 4) is 0 Å². The lowest BCUT2D eigenvalue weighted by Crippen LogP contribution is -2.32. The first kappa shape index (κ1) is 11.9. The van der Waals surface area contributed by atoms with Crippen LogP contribution in [0.4, 0.5) is 4.79 Å². The first-order valence-electron chi connectivity index (χ1n) is 6.88. The van der Waals surface area contributed by atoms with E-state index in [0.29, 0.717) is 6.54 Å². The van der Waals surface area contributed by atoms with Gasteiger partial charge in [-0.2, -0.15) is 0 Å². The number of para-hydroxylation sites is 1. The molecule has 2 aliphatic heterocycles. The van der Waals surface area contributed by atoms with Gasteiger partial charge in [0.05, 0.1) is 22.8 Å². The molecule has 1 aromatic carbocycles. The number of amides is 2. The average molecular weight is 285 g/mol. The predicted molar refractivity (Wildman–Crippen MR) is 80.7 cm³/mol. The maximum Gasteiger partial charge on any atom is 0.320 e. The largest absolute Gasteiger partial charge is 0.320 e. The Morgan fingerprint density at radius 2 is 2.25 bits per heavy atom. The molecule has 2 aromatic rings. The number of urea groups is 1. The minimum absolute atomic E-state index is 0.157. The minimum Gasteiger partial charge on any atom is -0.318 e. The normalized spacial score (nSPS) is 21.8. The SMILES string of the molecule is CCN1C(=O)N2CC(c3nc4ccccc4s3)=CC1C2. The number of carbonyl (C=O) groups is 1. The van der Waals surface area contributed by atoms with Crippen LogP contribution in [0, 0.1) is 0 Å². The van der Waals surface area contributed by atoms with E-state index in [1.54, 1.807) is 11.3 Å². The Labute approximate surface area is 121 Å².